The monoisotopic (exact) mass is 297 g/mol. The Morgan fingerprint density at radius 1 is 0.941 bits per heavy atom. The number of nitrogens with two attached hydrogens (primary N) is 1. The van der Waals surface area contributed by atoms with Crippen molar-refractivity contribution in [2.45, 2.75) is 6.04 Å². The van der Waals surface area contributed by atoms with E-state index >= 15 is 0 Å². The van der Waals surface area contributed by atoms with Crippen molar-refractivity contribution in [3.63, 3.8) is 0 Å². The van der Waals surface area contributed by atoms with Crippen LogP contribution in [0, 0.1) is 11.6 Å². The number of hydrogen-bond donors (Lipinski definition) is 1. The van der Waals surface area contributed by atoms with E-state index in [0.717, 1.165) is 11.1 Å². The molecule has 0 spiro atoms. The lowest BCUT2D eigenvalue weighted by Gasteiger charge is -2.13. The van der Waals surface area contributed by atoms with E-state index in [1.165, 1.54) is 18.2 Å². The largest absolute Gasteiger partial charge is 0.320 e. The van der Waals surface area contributed by atoms with Crippen molar-refractivity contribution in [2.75, 3.05) is 0 Å². The van der Waals surface area contributed by atoms with Crippen molar-refractivity contribution in [1.82, 2.24) is 0 Å². The van der Waals surface area contributed by atoms with Crippen LogP contribution in [-0.4, -0.2) is 0 Å². The van der Waals surface area contributed by atoms with Crippen molar-refractivity contribution in [3.8, 4) is 0 Å². The zero-order chi connectivity index (χ0) is 12.4. The molecule has 0 aliphatic carbocycles. The highest BCUT2D eigenvalue weighted by Crippen LogP contribution is 2.24. The maximum Gasteiger partial charge on any atom is 0.137 e. The summed E-state index contributed by atoms with van der Waals surface area (Å²) in [4.78, 5) is 0. The van der Waals surface area contributed by atoms with Gasteiger partial charge in [0.2, 0.25) is 0 Å². The Kier molecular flexibility index (Phi) is 3.54. The van der Waals surface area contributed by atoms with Gasteiger partial charge in [0.1, 0.15) is 11.6 Å². The molecule has 0 fully saturated rings. The van der Waals surface area contributed by atoms with Crippen molar-refractivity contribution >= 4 is 15.9 Å². The molecule has 0 aromatic heterocycles. The Morgan fingerprint density at radius 2 is 1.53 bits per heavy atom. The van der Waals surface area contributed by atoms with Gasteiger partial charge in [-0.1, -0.05) is 18.2 Å². The maximum atomic E-state index is 13.1. The minimum atomic E-state index is -0.396. The summed E-state index contributed by atoms with van der Waals surface area (Å²) >= 11 is 3.11. The van der Waals surface area contributed by atoms with Crippen molar-refractivity contribution in [1.29, 1.82) is 0 Å². The first-order valence-electron chi connectivity index (χ1n) is 5.04. The molecule has 88 valence electrons. The number of halogens is 3. The zero-order valence-electron chi connectivity index (χ0n) is 8.83. The van der Waals surface area contributed by atoms with Crippen LogP contribution in [-0.2, 0) is 0 Å². The number of hydrogen-bond acceptors (Lipinski definition) is 1. The molecule has 2 aromatic carbocycles. The van der Waals surface area contributed by atoms with E-state index in [0.29, 0.717) is 4.47 Å². The molecular formula is C13H10BrF2N. The van der Waals surface area contributed by atoms with Gasteiger partial charge >= 0.3 is 0 Å². The Bertz CT molecular complexity index is 525. The Balaban J connectivity index is 2.33. The molecule has 1 unspecified atom stereocenters. The van der Waals surface area contributed by atoms with Crippen molar-refractivity contribution in [2.24, 2.45) is 5.73 Å². The van der Waals surface area contributed by atoms with Crippen LogP contribution in [0.25, 0.3) is 0 Å². The van der Waals surface area contributed by atoms with Gasteiger partial charge in [-0.15, -0.1) is 0 Å². The fourth-order valence-corrected chi connectivity index (χ4v) is 1.96. The summed E-state index contributed by atoms with van der Waals surface area (Å²) in [5.74, 6) is -0.638. The minimum Gasteiger partial charge on any atom is -0.320 e. The van der Waals surface area contributed by atoms with Gasteiger partial charge in [0, 0.05) is 0 Å². The van der Waals surface area contributed by atoms with Crippen LogP contribution in [0.15, 0.2) is 46.9 Å². The van der Waals surface area contributed by atoms with E-state index in [9.17, 15) is 8.78 Å². The van der Waals surface area contributed by atoms with Crippen LogP contribution in [0.2, 0.25) is 0 Å². The predicted molar refractivity (Wildman–Crippen MR) is 66.5 cm³/mol. The van der Waals surface area contributed by atoms with Crippen LogP contribution in [0.3, 0.4) is 0 Å². The molecule has 2 N–H and O–H groups in total. The van der Waals surface area contributed by atoms with E-state index in [4.69, 9.17) is 5.73 Å². The molecule has 0 aliphatic rings. The van der Waals surface area contributed by atoms with E-state index in [1.54, 1.807) is 24.3 Å². The van der Waals surface area contributed by atoms with Crippen molar-refractivity contribution in [3.05, 3.63) is 69.7 Å². The molecule has 2 aromatic rings. The lowest BCUT2D eigenvalue weighted by Crippen LogP contribution is -2.11. The molecule has 1 atom stereocenters. The lowest BCUT2D eigenvalue weighted by molar-refractivity contribution is 0.619. The highest BCUT2D eigenvalue weighted by Gasteiger charge is 2.10. The van der Waals surface area contributed by atoms with Gasteiger partial charge in [-0.25, -0.2) is 8.78 Å². The van der Waals surface area contributed by atoms with Crippen LogP contribution in [0.4, 0.5) is 8.78 Å². The Morgan fingerprint density at radius 3 is 2.12 bits per heavy atom. The fourth-order valence-electron chi connectivity index (χ4n) is 1.57. The second-order valence-electron chi connectivity index (χ2n) is 3.70. The minimum absolute atomic E-state index is 0.304. The molecule has 0 saturated carbocycles. The SMILES string of the molecule is NC(c1ccc(F)cc1)c1ccc(F)c(Br)c1. The van der Waals surface area contributed by atoms with Gasteiger partial charge < -0.3 is 5.73 Å². The van der Waals surface area contributed by atoms with Gasteiger partial charge in [-0.05, 0) is 51.3 Å². The first-order valence-corrected chi connectivity index (χ1v) is 5.83. The predicted octanol–water partition coefficient (Wildman–Crippen LogP) is 3.78. The van der Waals surface area contributed by atoms with Crippen molar-refractivity contribution < 1.29 is 8.78 Å². The third-order valence-electron chi connectivity index (χ3n) is 2.53. The Hall–Kier alpha value is -1.26. The van der Waals surface area contributed by atoms with Gasteiger partial charge in [-0.3, -0.25) is 0 Å². The highest BCUT2D eigenvalue weighted by atomic mass is 79.9. The van der Waals surface area contributed by atoms with Crippen LogP contribution < -0.4 is 5.73 Å². The third kappa shape index (κ3) is 2.70. The smallest absolute Gasteiger partial charge is 0.137 e. The van der Waals surface area contributed by atoms with Gasteiger partial charge in [0.15, 0.2) is 0 Å². The normalized spacial score (nSPS) is 12.5. The number of rotatable bonds is 2. The molecule has 0 radical (unpaired) electrons. The lowest BCUT2D eigenvalue weighted by atomic mass is 10.00. The van der Waals surface area contributed by atoms with Crippen LogP contribution in [0.1, 0.15) is 17.2 Å². The molecule has 0 amide bonds. The summed E-state index contributed by atoms with van der Waals surface area (Å²) in [5, 5.41) is 0. The Labute approximate surface area is 106 Å². The second kappa shape index (κ2) is 4.94. The molecule has 0 heterocycles. The van der Waals surface area contributed by atoms with E-state index in [1.807, 2.05) is 0 Å². The summed E-state index contributed by atoms with van der Waals surface area (Å²) in [6, 6.07) is 10.2. The van der Waals surface area contributed by atoms with Gasteiger partial charge in [0.25, 0.3) is 0 Å². The fraction of sp³-hybridized carbons (Fsp3) is 0.0769. The molecule has 4 heteroatoms. The first kappa shape index (κ1) is 12.2. The van der Waals surface area contributed by atoms with E-state index in [-0.39, 0.29) is 11.6 Å². The van der Waals surface area contributed by atoms with E-state index < -0.39 is 6.04 Å². The average Bonchev–Trinajstić information content (AvgIpc) is 2.33. The summed E-state index contributed by atoms with van der Waals surface area (Å²) in [6.07, 6.45) is 0. The number of benzene rings is 2. The quantitative estimate of drug-likeness (QED) is 0.897. The molecule has 1 nitrogen and oxygen atoms in total. The average molecular weight is 298 g/mol. The summed E-state index contributed by atoms with van der Waals surface area (Å²) in [6.45, 7) is 0. The zero-order valence-corrected chi connectivity index (χ0v) is 10.4. The molecule has 0 bridgehead atoms. The van der Waals surface area contributed by atoms with Gasteiger partial charge in [-0.2, -0.15) is 0 Å². The summed E-state index contributed by atoms with van der Waals surface area (Å²) in [5.41, 5.74) is 7.57. The molecular weight excluding hydrogens is 288 g/mol. The standard InChI is InChI=1S/C13H10BrF2N/c14-11-7-9(3-6-12(11)16)13(17)8-1-4-10(15)5-2-8/h1-7,13H,17H2. The van der Waals surface area contributed by atoms with E-state index in [2.05, 4.69) is 15.9 Å². The summed E-state index contributed by atoms with van der Waals surface area (Å²) in [7, 11) is 0. The molecule has 17 heavy (non-hydrogen) atoms. The highest BCUT2D eigenvalue weighted by molar-refractivity contribution is 9.10. The van der Waals surface area contributed by atoms with Gasteiger partial charge in [0.05, 0.1) is 10.5 Å². The molecule has 2 rings (SSSR count). The third-order valence-corrected chi connectivity index (χ3v) is 3.14. The molecule has 0 aliphatic heterocycles. The second-order valence-corrected chi connectivity index (χ2v) is 4.56. The maximum absolute atomic E-state index is 13.1. The first-order chi connectivity index (χ1) is 8.08. The summed E-state index contributed by atoms with van der Waals surface area (Å²) < 4.78 is 26.2. The molecule has 0 saturated heterocycles. The van der Waals surface area contributed by atoms with Crippen LogP contribution in [0.5, 0.6) is 0 Å². The van der Waals surface area contributed by atoms with Crippen LogP contribution >= 0.6 is 15.9 Å². The topological polar surface area (TPSA) is 26.0 Å².